The summed E-state index contributed by atoms with van der Waals surface area (Å²) >= 11 is 0. The molecule has 12 aromatic rings. The number of allylic oxidation sites excluding steroid dienone is 1. The topological polar surface area (TPSA) is 0 Å². The second-order valence-corrected chi connectivity index (χ2v) is 19.6. The summed E-state index contributed by atoms with van der Waals surface area (Å²) in [5.74, 6) is 0.222. The van der Waals surface area contributed by atoms with Crippen LogP contribution in [0.5, 0.6) is 0 Å². The Balaban J connectivity index is 0.806. The molecule has 1 atom stereocenters. The lowest BCUT2D eigenvalue weighted by Gasteiger charge is -2.34. The van der Waals surface area contributed by atoms with E-state index in [1.54, 1.807) is 0 Å². The monoisotopic (exact) mass is 912 g/mol. The fourth-order valence-electron chi connectivity index (χ4n) is 12.1. The smallest absolute Gasteiger partial charge is 0.0622 e. The number of fused-ring (bicyclic) bond motifs is 6. The van der Waals surface area contributed by atoms with E-state index in [1.807, 2.05) is 0 Å². The second-order valence-electron chi connectivity index (χ2n) is 19.6. The van der Waals surface area contributed by atoms with Crippen molar-refractivity contribution in [1.29, 1.82) is 0 Å². The van der Waals surface area contributed by atoms with Gasteiger partial charge in [0.1, 0.15) is 0 Å². The Kier molecular flexibility index (Phi) is 9.93. The lowest BCUT2D eigenvalue weighted by molar-refractivity contribution is 0.769. The minimum atomic E-state index is -0.545. The van der Waals surface area contributed by atoms with E-state index in [9.17, 15) is 0 Å². The molecule has 0 spiro atoms. The Morgan fingerprint density at radius 1 is 0.264 bits per heavy atom. The largest absolute Gasteiger partial charge is 0.0714 e. The standard InChI is InChI=1S/C72H48/c1-5-15-48(16-6-1)59-35-39-66-67-40-36-60(49-17-7-2-8-18-49)47-70(67)72(69(66)46-59,63-22-11-4-12-23-63)64-37-33-50(34-38-64)52-25-26-54-42-55(28-27-53(54)41-52)56-29-30-58-44-62(32-31-57(58)43-56)68-45-61-21-13-14-24-65(61)71(68)51-19-9-3-10-20-51/h1-47,71H. The highest BCUT2D eigenvalue weighted by Crippen LogP contribution is 2.58. The van der Waals surface area contributed by atoms with E-state index < -0.39 is 5.41 Å². The third kappa shape index (κ3) is 6.90. The zero-order chi connectivity index (χ0) is 47.6. The maximum absolute atomic E-state index is 2.45. The first-order chi connectivity index (χ1) is 35.7. The van der Waals surface area contributed by atoms with Crippen LogP contribution in [0.15, 0.2) is 279 Å². The fraction of sp³-hybridized carbons (Fsp3) is 0.0278. The van der Waals surface area contributed by atoms with Gasteiger partial charge in [0, 0.05) is 5.92 Å². The summed E-state index contributed by atoms with van der Waals surface area (Å²) in [6, 6.07) is 104. The van der Waals surface area contributed by atoms with Gasteiger partial charge in [-0.1, -0.05) is 243 Å². The minimum absolute atomic E-state index is 0.222. The van der Waals surface area contributed by atoms with Crippen LogP contribution in [0.25, 0.3) is 88.8 Å². The summed E-state index contributed by atoms with van der Waals surface area (Å²) in [7, 11) is 0. The lowest BCUT2D eigenvalue weighted by Crippen LogP contribution is -2.28. The molecule has 0 N–H and O–H groups in total. The van der Waals surface area contributed by atoms with Crippen LogP contribution in [-0.4, -0.2) is 0 Å². The first kappa shape index (κ1) is 41.8. The molecule has 0 nitrogen and oxygen atoms in total. The van der Waals surface area contributed by atoms with Crippen molar-refractivity contribution in [3.8, 4) is 55.6 Å². The first-order valence-electron chi connectivity index (χ1n) is 25.2. The highest BCUT2D eigenvalue weighted by molar-refractivity contribution is 5.99. The van der Waals surface area contributed by atoms with Gasteiger partial charge in [-0.05, 0) is 170 Å². The molecule has 12 aromatic carbocycles. The summed E-state index contributed by atoms with van der Waals surface area (Å²) in [5.41, 5.74) is 23.5. The van der Waals surface area contributed by atoms with Gasteiger partial charge in [-0.3, -0.25) is 0 Å². The summed E-state index contributed by atoms with van der Waals surface area (Å²) in [6.07, 6.45) is 2.39. The van der Waals surface area contributed by atoms with Crippen LogP contribution >= 0.6 is 0 Å². The maximum Gasteiger partial charge on any atom is 0.0714 e. The van der Waals surface area contributed by atoms with Crippen LogP contribution in [0.2, 0.25) is 0 Å². The van der Waals surface area contributed by atoms with E-state index in [2.05, 4.69) is 285 Å². The molecule has 0 saturated carbocycles. The highest BCUT2D eigenvalue weighted by Gasteiger charge is 2.46. The van der Waals surface area contributed by atoms with Crippen LogP contribution in [0.3, 0.4) is 0 Å². The molecule has 2 aliphatic rings. The Bertz CT molecular complexity index is 3960. The summed E-state index contributed by atoms with van der Waals surface area (Å²) in [6.45, 7) is 0. The molecule has 1 unspecified atom stereocenters. The van der Waals surface area contributed by atoms with Crippen LogP contribution in [0.1, 0.15) is 50.4 Å². The lowest BCUT2D eigenvalue weighted by atomic mass is 9.67. The third-order valence-electron chi connectivity index (χ3n) is 15.6. The van der Waals surface area contributed by atoms with Crippen molar-refractivity contribution < 1.29 is 0 Å². The first-order valence-corrected chi connectivity index (χ1v) is 25.2. The Hall–Kier alpha value is -9.10. The average molecular weight is 913 g/mol. The van der Waals surface area contributed by atoms with E-state index in [0.29, 0.717) is 0 Å². The molecule has 0 bridgehead atoms. The van der Waals surface area contributed by atoms with E-state index >= 15 is 0 Å². The summed E-state index contributed by atoms with van der Waals surface area (Å²) < 4.78 is 0. The third-order valence-corrected chi connectivity index (χ3v) is 15.6. The van der Waals surface area contributed by atoms with Crippen molar-refractivity contribution in [3.05, 3.63) is 324 Å². The van der Waals surface area contributed by atoms with Gasteiger partial charge in [-0.15, -0.1) is 0 Å². The predicted octanol–water partition coefficient (Wildman–Crippen LogP) is 18.7. The van der Waals surface area contributed by atoms with Gasteiger partial charge in [0.15, 0.2) is 0 Å². The zero-order valence-corrected chi connectivity index (χ0v) is 39.7. The van der Waals surface area contributed by atoms with Crippen LogP contribution < -0.4 is 0 Å². The molecule has 0 saturated heterocycles. The average Bonchev–Trinajstić information content (AvgIpc) is 4.00. The molecule has 14 rings (SSSR count). The van der Waals surface area contributed by atoms with Gasteiger partial charge in [-0.25, -0.2) is 0 Å². The molecular weight excluding hydrogens is 865 g/mol. The second kappa shape index (κ2) is 17.1. The van der Waals surface area contributed by atoms with Gasteiger partial charge in [0.2, 0.25) is 0 Å². The molecule has 336 valence electrons. The van der Waals surface area contributed by atoms with Crippen LogP contribution in [0, 0.1) is 0 Å². The minimum Gasteiger partial charge on any atom is -0.0622 e. The van der Waals surface area contributed by atoms with E-state index in [0.717, 1.165) is 0 Å². The summed E-state index contributed by atoms with van der Waals surface area (Å²) in [4.78, 5) is 0. The molecule has 0 amide bonds. The maximum atomic E-state index is 2.45. The molecular formula is C72H48. The van der Waals surface area contributed by atoms with Gasteiger partial charge in [0.05, 0.1) is 5.41 Å². The van der Waals surface area contributed by atoms with Crippen molar-refractivity contribution in [3.63, 3.8) is 0 Å². The van der Waals surface area contributed by atoms with Crippen molar-refractivity contribution in [1.82, 2.24) is 0 Å². The number of rotatable bonds is 8. The van der Waals surface area contributed by atoms with Crippen LogP contribution in [0.4, 0.5) is 0 Å². The molecule has 0 heterocycles. The van der Waals surface area contributed by atoms with Gasteiger partial charge >= 0.3 is 0 Å². The Labute approximate surface area is 421 Å². The van der Waals surface area contributed by atoms with Gasteiger partial charge < -0.3 is 0 Å². The van der Waals surface area contributed by atoms with Crippen LogP contribution in [-0.2, 0) is 5.41 Å². The number of benzene rings is 12. The SMILES string of the molecule is C1=C(c2ccc3cc(-c4ccc5cc(-c6ccc(C7(c8ccccc8)c8cc(-c9ccccc9)ccc8-c8ccc(-c9ccccc9)cc87)cc6)ccc5c4)ccc3c2)C(c2ccccc2)c2ccccc21. The van der Waals surface area contributed by atoms with Gasteiger partial charge in [-0.2, -0.15) is 0 Å². The zero-order valence-electron chi connectivity index (χ0n) is 39.7. The quantitative estimate of drug-likeness (QED) is 0.142. The van der Waals surface area contributed by atoms with Crippen molar-refractivity contribution >= 4 is 33.2 Å². The number of hydrogen-bond acceptors (Lipinski definition) is 0. The van der Waals surface area contributed by atoms with Crippen molar-refractivity contribution in [2.75, 3.05) is 0 Å². The molecule has 0 aromatic heterocycles. The van der Waals surface area contributed by atoms with Crippen molar-refractivity contribution in [2.24, 2.45) is 0 Å². The molecule has 2 aliphatic carbocycles. The Morgan fingerprint density at radius 2 is 0.639 bits per heavy atom. The molecule has 0 heteroatoms. The highest BCUT2D eigenvalue weighted by atomic mass is 14.5. The molecule has 0 aliphatic heterocycles. The Morgan fingerprint density at radius 3 is 1.18 bits per heavy atom. The summed E-state index contributed by atoms with van der Waals surface area (Å²) in [5, 5.41) is 4.95. The predicted molar refractivity (Wildman–Crippen MR) is 303 cm³/mol. The van der Waals surface area contributed by atoms with E-state index in [1.165, 1.54) is 127 Å². The normalized spacial score (nSPS) is 14.2. The van der Waals surface area contributed by atoms with Gasteiger partial charge in [0.25, 0.3) is 0 Å². The van der Waals surface area contributed by atoms with E-state index in [4.69, 9.17) is 0 Å². The molecule has 0 radical (unpaired) electrons. The van der Waals surface area contributed by atoms with Crippen molar-refractivity contribution in [2.45, 2.75) is 11.3 Å². The fourth-order valence-corrected chi connectivity index (χ4v) is 12.1. The number of hydrogen-bond donors (Lipinski definition) is 0. The van der Waals surface area contributed by atoms with E-state index in [-0.39, 0.29) is 5.92 Å². The molecule has 72 heavy (non-hydrogen) atoms. The molecule has 0 fully saturated rings.